The van der Waals surface area contributed by atoms with Crippen molar-refractivity contribution in [2.75, 3.05) is 7.11 Å². The number of hydrogen-bond donors (Lipinski definition) is 0. The monoisotopic (exact) mass is 242 g/mol. The van der Waals surface area contributed by atoms with Crippen LogP contribution in [0.3, 0.4) is 0 Å². The van der Waals surface area contributed by atoms with E-state index < -0.39 is 5.41 Å². The summed E-state index contributed by atoms with van der Waals surface area (Å²) in [7, 11) is 1.64. The van der Waals surface area contributed by atoms with Gasteiger partial charge in [0.15, 0.2) is 0 Å². The largest absolute Gasteiger partial charge is 0.497 e. The molecule has 0 spiro atoms. The van der Waals surface area contributed by atoms with Crippen molar-refractivity contribution in [3.8, 4) is 5.75 Å². The number of benzene rings is 1. The highest BCUT2D eigenvalue weighted by Gasteiger charge is 2.35. The molecule has 2 rings (SSSR count). The fraction of sp³-hybridized carbons (Fsp3) is 0.312. The average molecular weight is 242 g/mol. The summed E-state index contributed by atoms with van der Waals surface area (Å²) in [5.41, 5.74) is 0.547. The molecule has 2 heteroatoms. The molecule has 1 unspecified atom stereocenters. The Morgan fingerprint density at radius 3 is 2.50 bits per heavy atom. The van der Waals surface area contributed by atoms with Crippen LogP contribution in [0, 0.1) is 0 Å². The number of methoxy groups -OCH3 is 1. The first-order chi connectivity index (χ1) is 8.73. The Morgan fingerprint density at radius 2 is 2.00 bits per heavy atom. The van der Waals surface area contributed by atoms with E-state index in [1.807, 2.05) is 49.4 Å². The first-order valence-corrected chi connectivity index (χ1v) is 6.25. The predicted octanol–water partition coefficient (Wildman–Crippen LogP) is 3.43. The Kier molecular flexibility index (Phi) is 3.66. The van der Waals surface area contributed by atoms with Crippen molar-refractivity contribution in [3.05, 3.63) is 54.1 Å². The minimum atomic E-state index is -0.490. The third-order valence-corrected chi connectivity index (χ3v) is 3.49. The highest BCUT2D eigenvalue weighted by Crippen LogP contribution is 2.35. The molecule has 0 N–H and O–H groups in total. The van der Waals surface area contributed by atoms with Gasteiger partial charge >= 0.3 is 0 Å². The minimum absolute atomic E-state index is 0.258. The van der Waals surface area contributed by atoms with E-state index in [1.165, 1.54) is 0 Å². The van der Waals surface area contributed by atoms with E-state index in [9.17, 15) is 4.79 Å². The zero-order valence-electron chi connectivity index (χ0n) is 10.8. The molecule has 0 bridgehead atoms. The van der Waals surface area contributed by atoms with Gasteiger partial charge in [0, 0.05) is 6.42 Å². The van der Waals surface area contributed by atoms with Crippen molar-refractivity contribution >= 4 is 5.78 Å². The second-order valence-electron chi connectivity index (χ2n) is 4.47. The summed E-state index contributed by atoms with van der Waals surface area (Å²) in [6.07, 6.45) is 9.30. The number of carbonyl (C=O) groups is 1. The molecule has 0 radical (unpaired) electrons. The molecule has 1 aliphatic carbocycles. The second kappa shape index (κ2) is 5.21. The fourth-order valence-electron chi connectivity index (χ4n) is 2.41. The zero-order valence-corrected chi connectivity index (χ0v) is 10.8. The van der Waals surface area contributed by atoms with E-state index in [0.29, 0.717) is 6.42 Å². The molecule has 0 heterocycles. The molecule has 0 amide bonds. The Hall–Kier alpha value is -1.83. The number of ketones is 1. The third-order valence-electron chi connectivity index (χ3n) is 3.49. The molecule has 0 fully saturated rings. The van der Waals surface area contributed by atoms with Gasteiger partial charge in [0.25, 0.3) is 0 Å². The van der Waals surface area contributed by atoms with Crippen LogP contribution in [0.2, 0.25) is 0 Å². The van der Waals surface area contributed by atoms with E-state index in [4.69, 9.17) is 4.74 Å². The standard InChI is InChI=1S/C16H18O2/c1-3-15(17)16(11-5-4-6-12-16)13-7-9-14(18-2)10-8-13/h4-11H,3,12H2,1-2H3. The molecule has 94 valence electrons. The molecule has 1 aliphatic rings. The van der Waals surface area contributed by atoms with Gasteiger partial charge in [-0.05, 0) is 24.1 Å². The first-order valence-electron chi connectivity index (χ1n) is 6.25. The van der Waals surface area contributed by atoms with Gasteiger partial charge in [-0.25, -0.2) is 0 Å². The summed E-state index contributed by atoms with van der Waals surface area (Å²) in [5.74, 6) is 1.07. The third kappa shape index (κ3) is 2.10. The fourth-order valence-corrected chi connectivity index (χ4v) is 2.41. The Balaban J connectivity index is 2.43. The number of Topliss-reactive ketones (excluding diaryl/α,β-unsaturated/α-hetero) is 1. The topological polar surface area (TPSA) is 26.3 Å². The van der Waals surface area contributed by atoms with Crippen LogP contribution in [0.25, 0.3) is 0 Å². The Labute approximate surface area is 108 Å². The van der Waals surface area contributed by atoms with Crippen molar-refractivity contribution in [2.45, 2.75) is 25.2 Å². The molecule has 1 aromatic rings. The molecule has 1 aromatic carbocycles. The SMILES string of the molecule is CCC(=O)C1(c2ccc(OC)cc2)C=CC=CC1. The van der Waals surface area contributed by atoms with Crippen molar-refractivity contribution in [1.82, 2.24) is 0 Å². The lowest BCUT2D eigenvalue weighted by molar-refractivity contribution is -0.122. The van der Waals surface area contributed by atoms with Gasteiger partial charge in [-0.15, -0.1) is 0 Å². The van der Waals surface area contributed by atoms with Gasteiger partial charge in [0.2, 0.25) is 0 Å². The van der Waals surface area contributed by atoms with Crippen LogP contribution >= 0.6 is 0 Å². The maximum absolute atomic E-state index is 12.3. The van der Waals surface area contributed by atoms with Crippen LogP contribution in [0.4, 0.5) is 0 Å². The summed E-state index contributed by atoms with van der Waals surface area (Å²) < 4.78 is 5.16. The van der Waals surface area contributed by atoms with Crippen molar-refractivity contribution in [2.24, 2.45) is 0 Å². The Morgan fingerprint density at radius 1 is 1.28 bits per heavy atom. The quantitative estimate of drug-likeness (QED) is 0.808. The van der Waals surface area contributed by atoms with Crippen molar-refractivity contribution in [1.29, 1.82) is 0 Å². The van der Waals surface area contributed by atoms with Gasteiger partial charge in [0.1, 0.15) is 11.5 Å². The number of carbonyl (C=O) groups excluding carboxylic acids is 1. The van der Waals surface area contributed by atoms with E-state index in [-0.39, 0.29) is 5.78 Å². The van der Waals surface area contributed by atoms with Crippen LogP contribution in [-0.2, 0) is 10.2 Å². The maximum Gasteiger partial charge on any atom is 0.147 e. The van der Waals surface area contributed by atoms with Crippen molar-refractivity contribution < 1.29 is 9.53 Å². The molecular formula is C16H18O2. The second-order valence-corrected chi connectivity index (χ2v) is 4.47. The molecule has 0 aromatic heterocycles. The summed E-state index contributed by atoms with van der Waals surface area (Å²) in [4.78, 5) is 12.3. The van der Waals surface area contributed by atoms with Crippen LogP contribution < -0.4 is 4.74 Å². The number of hydrogen-bond acceptors (Lipinski definition) is 2. The molecular weight excluding hydrogens is 224 g/mol. The summed E-state index contributed by atoms with van der Waals surface area (Å²) in [5, 5.41) is 0. The van der Waals surface area contributed by atoms with Gasteiger partial charge < -0.3 is 4.74 Å². The van der Waals surface area contributed by atoms with Crippen LogP contribution in [-0.4, -0.2) is 12.9 Å². The first kappa shape index (κ1) is 12.6. The maximum atomic E-state index is 12.3. The van der Waals surface area contributed by atoms with Crippen LogP contribution in [0.5, 0.6) is 5.75 Å². The van der Waals surface area contributed by atoms with Crippen molar-refractivity contribution in [3.63, 3.8) is 0 Å². The van der Waals surface area contributed by atoms with Gasteiger partial charge in [0.05, 0.1) is 12.5 Å². The van der Waals surface area contributed by atoms with E-state index in [2.05, 4.69) is 6.08 Å². The normalized spacial score (nSPS) is 21.9. The number of rotatable bonds is 4. The zero-order chi connectivity index (χ0) is 13.0. The molecule has 0 saturated carbocycles. The van der Waals surface area contributed by atoms with E-state index >= 15 is 0 Å². The Bertz CT molecular complexity index is 482. The number of ether oxygens (including phenoxy) is 1. The van der Waals surface area contributed by atoms with E-state index in [1.54, 1.807) is 7.11 Å². The minimum Gasteiger partial charge on any atom is -0.497 e. The summed E-state index contributed by atoms with van der Waals surface area (Å²) >= 11 is 0. The van der Waals surface area contributed by atoms with Gasteiger partial charge in [-0.3, -0.25) is 4.79 Å². The molecule has 18 heavy (non-hydrogen) atoms. The summed E-state index contributed by atoms with van der Waals surface area (Å²) in [6.45, 7) is 1.92. The highest BCUT2D eigenvalue weighted by atomic mass is 16.5. The summed E-state index contributed by atoms with van der Waals surface area (Å²) in [6, 6.07) is 7.78. The lowest BCUT2D eigenvalue weighted by Crippen LogP contribution is -2.33. The average Bonchev–Trinajstić information content (AvgIpc) is 2.47. The van der Waals surface area contributed by atoms with Gasteiger partial charge in [-0.2, -0.15) is 0 Å². The molecule has 0 aliphatic heterocycles. The predicted molar refractivity (Wildman–Crippen MR) is 72.9 cm³/mol. The molecule has 1 atom stereocenters. The molecule has 2 nitrogen and oxygen atoms in total. The molecule has 0 saturated heterocycles. The smallest absolute Gasteiger partial charge is 0.147 e. The van der Waals surface area contributed by atoms with E-state index in [0.717, 1.165) is 17.7 Å². The van der Waals surface area contributed by atoms with Crippen LogP contribution in [0.1, 0.15) is 25.3 Å². The number of allylic oxidation sites excluding steroid dienone is 4. The lowest BCUT2D eigenvalue weighted by atomic mass is 9.71. The van der Waals surface area contributed by atoms with Crippen LogP contribution in [0.15, 0.2) is 48.6 Å². The van der Waals surface area contributed by atoms with Gasteiger partial charge in [-0.1, -0.05) is 43.4 Å². The lowest BCUT2D eigenvalue weighted by Gasteiger charge is -2.30. The highest BCUT2D eigenvalue weighted by molar-refractivity contribution is 5.92.